The lowest BCUT2D eigenvalue weighted by molar-refractivity contribution is -0.137. The highest BCUT2D eigenvalue weighted by Gasteiger charge is 2.40. The van der Waals surface area contributed by atoms with Crippen molar-refractivity contribution in [2.75, 3.05) is 57.3 Å². The van der Waals surface area contributed by atoms with Crippen LogP contribution in [-0.2, 0) is 6.18 Å². The normalized spacial score (nSPS) is 26.7. The van der Waals surface area contributed by atoms with Gasteiger partial charge in [0.15, 0.2) is 0 Å². The first-order valence-corrected chi connectivity index (χ1v) is 12.7. The van der Waals surface area contributed by atoms with E-state index in [1.54, 1.807) is 0 Å². The summed E-state index contributed by atoms with van der Waals surface area (Å²) in [5, 5.41) is 2.93. The summed E-state index contributed by atoms with van der Waals surface area (Å²) in [7, 11) is 0. The van der Waals surface area contributed by atoms with Crippen LogP contribution in [0, 0.1) is 17.7 Å². The molecule has 9 heteroatoms. The van der Waals surface area contributed by atoms with Gasteiger partial charge in [0, 0.05) is 63.1 Å². The Kier molecular flexibility index (Phi) is 7.21. The first-order chi connectivity index (χ1) is 17.3. The van der Waals surface area contributed by atoms with Crippen LogP contribution < -0.4 is 10.2 Å². The lowest BCUT2D eigenvalue weighted by Gasteiger charge is -2.51. The van der Waals surface area contributed by atoms with Gasteiger partial charge in [-0.15, -0.1) is 0 Å². The Hall–Kier alpha value is -2.65. The number of benzene rings is 2. The Morgan fingerprint density at radius 3 is 2.25 bits per heavy atom. The number of carbonyl (C=O) groups is 1. The molecule has 0 aromatic heterocycles. The molecule has 4 aliphatic rings. The summed E-state index contributed by atoms with van der Waals surface area (Å²) >= 11 is 0. The third-order valence-electron chi connectivity index (χ3n) is 8.04. The highest BCUT2D eigenvalue weighted by Crippen LogP contribution is 2.37. The third kappa shape index (κ3) is 5.67. The summed E-state index contributed by atoms with van der Waals surface area (Å²) in [6, 6.07) is 11.3. The van der Waals surface area contributed by atoms with Crippen molar-refractivity contribution in [3.63, 3.8) is 0 Å². The average Bonchev–Trinajstić information content (AvgIpc) is 2.88. The summed E-state index contributed by atoms with van der Waals surface area (Å²) < 4.78 is 51.5. The first-order valence-electron chi connectivity index (χ1n) is 12.7. The highest BCUT2D eigenvalue weighted by atomic mass is 19.4. The number of carbonyl (C=O) groups excluding carboxylic acids is 1. The zero-order chi connectivity index (χ0) is 25.3. The molecule has 4 atom stereocenters. The van der Waals surface area contributed by atoms with Crippen molar-refractivity contribution in [1.29, 1.82) is 0 Å². The molecular weight excluding hydrogens is 472 g/mol. The molecular formula is C27H32F4N4O. The average molecular weight is 505 g/mol. The maximum absolute atomic E-state index is 13.2. The smallest absolute Gasteiger partial charge is 0.369 e. The van der Waals surface area contributed by atoms with E-state index in [1.807, 2.05) is 12.1 Å². The van der Waals surface area contributed by atoms with Crippen LogP contribution in [0.25, 0.3) is 0 Å². The number of nitrogens with zero attached hydrogens (tertiary/aromatic N) is 3. The van der Waals surface area contributed by atoms with Gasteiger partial charge in [-0.2, -0.15) is 13.2 Å². The number of piperidine rings is 3. The number of alkyl halides is 3. The van der Waals surface area contributed by atoms with E-state index in [2.05, 4.69) is 20.0 Å². The SMILES string of the molecule is O=C(NC[C@H]1C[C@@H]2CCN1C[C@@H]2CN1CCN(c2ccc(F)cc2)CC1)c1ccc(C(F)(F)F)cc1. The van der Waals surface area contributed by atoms with Crippen molar-refractivity contribution in [3.8, 4) is 0 Å². The molecule has 1 unspecified atom stereocenters. The van der Waals surface area contributed by atoms with E-state index in [1.165, 1.54) is 30.7 Å². The van der Waals surface area contributed by atoms with Gasteiger partial charge in [0.25, 0.3) is 5.91 Å². The Morgan fingerprint density at radius 2 is 1.64 bits per heavy atom. The molecule has 5 nitrogen and oxygen atoms in total. The molecule has 4 heterocycles. The first kappa shape index (κ1) is 25.0. The lowest BCUT2D eigenvalue weighted by atomic mass is 9.75. The van der Waals surface area contributed by atoms with E-state index < -0.39 is 11.7 Å². The Balaban J connectivity index is 1.08. The predicted octanol–water partition coefficient (Wildman–Crippen LogP) is 4.11. The maximum Gasteiger partial charge on any atom is 0.416 e. The number of rotatable bonds is 6. The van der Waals surface area contributed by atoms with Crippen molar-refractivity contribution in [2.24, 2.45) is 11.8 Å². The molecule has 2 bridgehead atoms. The largest absolute Gasteiger partial charge is 0.416 e. The van der Waals surface area contributed by atoms with Gasteiger partial charge >= 0.3 is 6.18 Å². The minimum absolute atomic E-state index is 0.211. The van der Waals surface area contributed by atoms with E-state index in [-0.39, 0.29) is 23.3 Å². The number of fused-ring (bicyclic) bond motifs is 3. The number of halogens is 4. The van der Waals surface area contributed by atoms with Crippen LogP contribution in [0.4, 0.5) is 23.2 Å². The molecule has 194 valence electrons. The number of hydrogen-bond donors (Lipinski definition) is 1. The summed E-state index contributed by atoms with van der Waals surface area (Å²) in [6.45, 7) is 7.49. The minimum atomic E-state index is -4.41. The summed E-state index contributed by atoms with van der Waals surface area (Å²) in [4.78, 5) is 19.8. The van der Waals surface area contributed by atoms with E-state index in [0.717, 1.165) is 70.1 Å². The van der Waals surface area contributed by atoms with Gasteiger partial charge < -0.3 is 10.2 Å². The summed E-state index contributed by atoms with van der Waals surface area (Å²) in [5.74, 6) is 0.690. The topological polar surface area (TPSA) is 38.8 Å². The summed E-state index contributed by atoms with van der Waals surface area (Å²) in [5.41, 5.74) is 0.564. The molecule has 4 saturated heterocycles. The molecule has 0 spiro atoms. The third-order valence-corrected chi connectivity index (χ3v) is 8.04. The zero-order valence-corrected chi connectivity index (χ0v) is 20.2. The van der Waals surface area contributed by atoms with Crippen LogP contribution in [0.1, 0.15) is 28.8 Å². The monoisotopic (exact) mass is 504 g/mol. The Morgan fingerprint density at radius 1 is 0.944 bits per heavy atom. The van der Waals surface area contributed by atoms with Gasteiger partial charge in [0.2, 0.25) is 0 Å². The molecule has 0 aliphatic carbocycles. The second-order valence-electron chi connectivity index (χ2n) is 10.2. The van der Waals surface area contributed by atoms with Crippen LogP contribution in [-0.4, -0.2) is 74.1 Å². The standard InChI is InChI=1S/C27H32F4N4O/c28-23-5-7-24(8-6-23)34-13-11-33(12-14-34)17-21-18-35-10-9-20(21)15-25(35)16-32-26(36)19-1-3-22(4-2-19)27(29,30)31/h1-8,20-21,25H,9-18H2,(H,32,36)/t20-,21-,25+/m0/s1. The molecule has 1 amide bonds. The van der Waals surface area contributed by atoms with Crippen molar-refractivity contribution in [2.45, 2.75) is 25.1 Å². The van der Waals surface area contributed by atoms with Crippen LogP contribution in [0.3, 0.4) is 0 Å². The number of anilines is 1. The van der Waals surface area contributed by atoms with Crippen LogP contribution in [0.15, 0.2) is 48.5 Å². The van der Waals surface area contributed by atoms with Gasteiger partial charge in [0.05, 0.1) is 5.56 Å². The van der Waals surface area contributed by atoms with Crippen molar-refractivity contribution in [1.82, 2.24) is 15.1 Å². The fraction of sp³-hybridized carbons (Fsp3) is 0.519. The Labute approximate surface area is 209 Å². The van der Waals surface area contributed by atoms with Gasteiger partial charge in [0.1, 0.15) is 5.82 Å². The van der Waals surface area contributed by atoms with Crippen molar-refractivity contribution in [3.05, 3.63) is 65.5 Å². The van der Waals surface area contributed by atoms with E-state index in [4.69, 9.17) is 0 Å². The molecule has 0 radical (unpaired) electrons. The zero-order valence-electron chi connectivity index (χ0n) is 20.2. The predicted molar refractivity (Wildman–Crippen MR) is 130 cm³/mol. The quantitative estimate of drug-likeness (QED) is 0.602. The van der Waals surface area contributed by atoms with Gasteiger partial charge in [-0.05, 0) is 79.8 Å². The second-order valence-corrected chi connectivity index (χ2v) is 10.2. The fourth-order valence-electron chi connectivity index (χ4n) is 5.96. The minimum Gasteiger partial charge on any atom is -0.369 e. The number of amides is 1. The maximum atomic E-state index is 13.2. The molecule has 6 rings (SSSR count). The van der Waals surface area contributed by atoms with Gasteiger partial charge in [-0.1, -0.05) is 0 Å². The number of hydrogen-bond acceptors (Lipinski definition) is 4. The van der Waals surface area contributed by atoms with E-state index in [0.29, 0.717) is 18.4 Å². The molecule has 4 aliphatic heterocycles. The lowest BCUT2D eigenvalue weighted by Crippen LogP contribution is -2.59. The molecule has 2 aromatic rings. The summed E-state index contributed by atoms with van der Waals surface area (Å²) in [6.07, 6.45) is -2.20. The van der Waals surface area contributed by atoms with Crippen LogP contribution in [0.5, 0.6) is 0 Å². The number of piperazine rings is 1. The molecule has 2 aromatic carbocycles. The molecule has 0 saturated carbocycles. The van der Waals surface area contributed by atoms with Crippen LogP contribution >= 0.6 is 0 Å². The van der Waals surface area contributed by atoms with Crippen molar-refractivity contribution >= 4 is 11.6 Å². The fourth-order valence-corrected chi connectivity index (χ4v) is 5.96. The van der Waals surface area contributed by atoms with E-state index >= 15 is 0 Å². The van der Waals surface area contributed by atoms with Gasteiger partial charge in [-0.3, -0.25) is 14.6 Å². The van der Waals surface area contributed by atoms with Crippen molar-refractivity contribution < 1.29 is 22.4 Å². The highest BCUT2D eigenvalue weighted by molar-refractivity contribution is 5.94. The molecule has 1 N–H and O–H groups in total. The van der Waals surface area contributed by atoms with E-state index in [9.17, 15) is 22.4 Å². The van der Waals surface area contributed by atoms with Gasteiger partial charge in [-0.25, -0.2) is 4.39 Å². The molecule has 4 fully saturated rings. The molecule has 36 heavy (non-hydrogen) atoms. The number of nitrogens with one attached hydrogen (secondary N) is 1. The van der Waals surface area contributed by atoms with Crippen LogP contribution in [0.2, 0.25) is 0 Å². The Bertz CT molecular complexity index is 1040. The second kappa shape index (κ2) is 10.4.